The van der Waals surface area contributed by atoms with Crippen molar-refractivity contribution in [3.63, 3.8) is 0 Å². The van der Waals surface area contributed by atoms with Crippen molar-refractivity contribution in [2.75, 3.05) is 11.4 Å². The van der Waals surface area contributed by atoms with Crippen LogP contribution in [0.5, 0.6) is 0 Å². The number of anilines is 1. The fourth-order valence-corrected chi connectivity index (χ4v) is 4.45. The van der Waals surface area contributed by atoms with Gasteiger partial charge in [0.25, 0.3) is 5.91 Å². The SMILES string of the molecule is C[C@]12C(=O)N(c3ccccc3C(=O)O)C(=O)N1CCc1c2[nH]c2ccccc12. The maximum Gasteiger partial charge on any atom is 0.337 e. The molecule has 0 bridgehead atoms. The summed E-state index contributed by atoms with van der Waals surface area (Å²) in [6, 6.07) is 13.4. The van der Waals surface area contributed by atoms with Gasteiger partial charge in [0, 0.05) is 17.4 Å². The number of H-pyrrole nitrogens is 1. The number of rotatable bonds is 2. The number of amides is 3. The van der Waals surface area contributed by atoms with E-state index >= 15 is 0 Å². The highest BCUT2D eigenvalue weighted by atomic mass is 16.4. The lowest BCUT2D eigenvalue weighted by atomic mass is 9.87. The van der Waals surface area contributed by atoms with Gasteiger partial charge in [-0.3, -0.25) is 4.79 Å². The second-order valence-corrected chi connectivity index (χ2v) is 7.24. The number of imide groups is 1. The maximum atomic E-state index is 13.5. The summed E-state index contributed by atoms with van der Waals surface area (Å²) in [6.07, 6.45) is 0.627. The van der Waals surface area contributed by atoms with Gasteiger partial charge in [0.2, 0.25) is 0 Å². The quantitative estimate of drug-likeness (QED) is 0.673. The van der Waals surface area contributed by atoms with Gasteiger partial charge in [0.05, 0.1) is 16.9 Å². The third-order valence-electron chi connectivity index (χ3n) is 5.84. The predicted molar refractivity (Wildman–Crippen MR) is 102 cm³/mol. The number of carboxylic acid groups (broad SMARTS) is 1. The number of para-hydroxylation sites is 2. The second-order valence-electron chi connectivity index (χ2n) is 7.24. The molecule has 0 saturated carbocycles. The Hall–Kier alpha value is -3.61. The minimum atomic E-state index is -1.20. The minimum Gasteiger partial charge on any atom is -0.478 e. The number of carboxylic acids is 1. The van der Waals surface area contributed by atoms with Crippen LogP contribution in [0.3, 0.4) is 0 Å². The fraction of sp³-hybridized carbons (Fsp3) is 0.190. The van der Waals surface area contributed by atoms with Crippen molar-refractivity contribution in [1.29, 1.82) is 0 Å². The lowest BCUT2D eigenvalue weighted by molar-refractivity contribution is -0.125. The van der Waals surface area contributed by atoms with E-state index in [-0.39, 0.29) is 11.3 Å². The number of nitrogens with one attached hydrogen (secondary N) is 1. The molecule has 1 aromatic heterocycles. The van der Waals surface area contributed by atoms with Crippen LogP contribution >= 0.6 is 0 Å². The third kappa shape index (κ3) is 1.90. The Labute approximate surface area is 160 Å². The molecule has 3 amide bonds. The first-order valence-corrected chi connectivity index (χ1v) is 9.03. The van der Waals surface area contributed by atoms with Crippen LogP contribution in [0.4, 0.5) is 10.5 Å². The number of aromatic amines is 1. The predicted octanol–water partition coefficient (Wildman–Crippen LogP) is 3.11. The second kappa shape index (κ2) is 5.45. The smallest absolute Gasteiger partial charge is 0.337 e. The number of hydrogen-bond acceptors (Lipinski definition) is 3. The number of aromatic nitrogens is 1. The largest absolute Gasteiger partial charge is 0.478 e. The Kier molecular flexibility index (Phi) is 3.22. The molecule has 2 N–H and O–H groups in total. The topological polar surface area (TPSA) is 93.7 Å². The maximum absolute atomic E-state index is 13.5. The number of carbonyl (C=O) groups excluding carboxylic acids is 2. The van der Waals surface area contributed by atoms with E-state index in [1.54, 1.807) is 19.1 Å². The zero-order valence-electron chi connectivity index (χ0n) is 15.1. The number of urea groups is 1. The van der Waals surface area contributed by atoms with Gasteiger partial charge in [-0.05, 0) is 37.1 Å². The van der Waals surface area contributed by atoms with E-state index < -0.39 is 23.4 Å². The first-order chi connectivity index (χ1) is 13.4. The van der Waals surface area contributed by atoms with Crippen LogP contribution < -0.4 is 4.90 Å². The lowest BCUT2D eigenvalue weighted by Crippen LogP contribution is -2.49. The van der Waals surface area contributed by atoms with Gasteiger partial charge in [-0.25, -0.2) is 14.5 Å². The van der Waals surface area contributed by atoms with E-state index in [0.717, 1.165) is 21.4 Å². The van der Waals surface area contributed by atoms with E-state index in [2.05, 4.69) is 4.98 Å². The number of hydrogen-bond donors (Lipinski definition) is 2. The van der Waals surface area contributed by atoms with Crippen LogP contribution in [0.1, 0.15) is 28.5 Å². The number of benzene rings is 2. The molecule has 0 spiro atoms. The molecule has 5 rings (SSSR count). The highest BCUT2D eigenvalue weighted by Crippen LogP contribution is 2.45. The molecule has 28 heavy (non-hydrogen) atoms. The molecule has 1 saturated heterocycles. The molecule has 7 heteroatoms. The molecular weight excluding hydrogens is 358 g/mol. The zero-order chi connectivity index (χ0) is 19.6. The van der Waals surface area contributed by atoms with Gasteiger partial charge < -0.3 is 15.0 Å². The van der Waals surface area contributed by atoms with E-state index in [1.165, 1.54) is 17.0 Å². The summed E-state index contributed by atoms with van der Waals surface area (Å²) < 4.78 is 0. The summed E-state index contributed by atoms with van der Waals surface area (Å²) in [5.41, 5.74) is 1.47. The summed E-state index contributed by atoms with van der Waals surface area (Å²) in [6.45, 7) is 2.12. The van der Waals surface area contributed by atoms with Crippen molar-refractivity contribution in [3.8, 4) is 0 Å². The van der Waals surface area contributed by atoms with Crippen molar-refractivity contribution in [3.05, 3.63) is 65.4 Å². The highest BCUT2D eigenvalue weighted by molar-refractivity contribution is 6.25. The molecule has 140 valence electrons. The monoisotopic (exact) mass is 375 g/mol. The summed E-state index contributed by atoms with van der Waals surface area (Å²) in [5, 5.41) is 10.5. The molecule has 1 atom stereocenters. The Balaban J connectivity index is 1.71. The molecule has 3 aromatic rings. The Morgan fingerprint density at radius 3 is 2.61 bits per heavy atom. The van der Waals surface area contributed by atoms with Gasteiger partial charge in [-0.2, -0.15) is 0 Å². The minimum absolute atomic E-state index is 0.0792. The number of fused-ring (bicyclic) bond motifs is 5. The molecule has 7 nitrogen and oxygen atoms in total. The molecule has 0 radical (unpaired) electrons. The van der Waals surface area contributed by atoms with Crippen LogP contribution in [-0.4, -0.2) is 39.4 Å². The van der Waals surface area contributed by atoms with E-state index in [1.807, 2.05) is 24.3 Å². The average molecular weight is 375 g/mol. The molecule has 1 fully saturated rings. The van der Waals surface area contributed by atoms with Crippen molar-refractivity contribution >= 4 is 34.5 Å². The molecular formula is C21H17N3O4. The van der Waals surface area contributed by atoms with E-state index in [9.17, 15) is 19.5 Å². The van der Waals surface area contributed by atoms with E-state index in [4.69, 9.17) is 0 Å². The van der Waals surface area contributed by atoms with Crippen molar-refractivity contribution in [2.24, 2.45) is 0 Å². The molecule has 2 aliphatic heterocycles. The molecule has 0 unspecified atom stereocenters. The molecule has 2 aliphatic rings. The normalized spacial score (nSPS) is 21.2. The van der Waals surface area contributed by atoms with E-state index in [0.29, 0.717) is 18.7 Å². The van der Waals surface area contributed by atoms with Gasteiger partial charge in [-0.15, -0.1) is 0 Å². The van der Waals surface area contributed by atoms with Gasteiger partial charge >= 0.3 is 12.0 Å². The average Bonchev–Trinajstić information content (AvgIpc) is 3.16. The van der Waals surface area contributed by atoms with Crippen LogP contribution in [-0.2, 0) is 16.8 Å². The van der Waals surface area contributed by atoms with Crippen molar-refractivity contribution < 1.29 is 19.5 Å². The number of nitrogens with zero attached hydrogens (tertiary/aromatic N) is 2. The standard InChI is InChI=1S/C21H17N3O4/c1-21-17-13(12-6-2-4-8-15(12)22-17)10-11-23(21)20(28)24(19(21)27)16-9-5-3-7-14(16)18(25)26/h2-9,22H,10-11H2,1H3,(H,25,26)/t21-/m0/s1. The fourth-order valence-electron chi connectivity index (χ4n) is 4.45. The molecule has 0 aliphatic carbocycles. The highest BCUT2D eigenvalue weighted by Gasteiger charge is 2.59. The van der Waals surface area contributed by atoms with Gasteiger partial charge in [0.15, 0.2) is 5.54 Å². The van der Waals surface area contributed by atoms with Crippen LogP contribution in [0.2, 0.25) is 0 Å². The molecule has 2 aromatic carbocycles. The van der Waals surface area contributed by atoms with Crippen LogP contribution in [0, 0.1) is 0 Å². The number of aromatic carboxylic acids is 1. The summed E-state index contributed by atoms with van der Waals surface area (Å²) in [5.74, 6) is -1.63. The summed E-state index contributed by atoms with van der Waals surface area (Å²) in [7, 11) is 0. The third-order valence-corrected chi connectivity index (χ3v) is 5.84. The summed E-state index contributed by atoms with van der Waals surface area (Å²) in [4.78, 5) is 44.2. The first-order valence-electron chi connectivity index (χ1n) is 9.03. The van der Waals surface area contributed by atoms with Gasteiger partial charge in [0.1, 0.15) is 0 Å². The zero-order valence-corrected chi connectivity index (χ0v) is 15.1. The Bertz CT molecular complexity index is 1180. The van der Waals surface area contributed by atoms with Crippen molar-refractivity contribution in [1.82, 2.24) is 9.88 Å². The number of carbonyl (C=O) groups is 3. The molecule has 3 heterocycles. The Morgan fingerprint density at radius 1 is 1.11 bits per heavy atom. The first kappa shape index (κ1) is 16.6. The van der Waals surface area contributed by atoms with Crippen LogP contribution in [0.25, 0.3) is 10.9 Å². The van der Waals surface area contributed by atoms with Crippen LogP contribution in [0.15, 0.2) is 48.5 Å². The lowest BCUT2D eigenvalue weighted by Gasteiger charge is -2.35. The van der Waals surface area contributed by atoms with Crippen molar-refractivity contribution in [2.45, 2.75) is 18.9 Å². The van der Waals surface area contributed by atoms with Gasteiger partial charge in [-0.1, -0.05) is 30.3 Å². The summed E-state index contributed by atoms with van der Waals surface area (Å²) >= 11 is 0. The Morgan fingerprint density at radius 2 is 1.82 bits per heavy atom.